The standard InChI is InChI=1S/C20H10O2/c21-19-15-9-11-5-1-3-7-13(11)17-14-8-4-2-6-12(14)10-16(18(15)17)20(19)22/h1-10H. The molecule has 0 atom stereocenters. The number of carbonyl (C=O) groups is 2. The maximum atomic E-state index is 12.4. The predicted molar refractivity (Wildman–Crippen MR) is 87.6 cm³/mol. The Morgan fingerprint density at radius 2 is 1.00 bits per heavy atom. The lowest BCUT2D eigenvalue weighted by Gasteiger charge is -2.09. The molecule has 0 unspecified atom stereocenters. The Morgan fingerprint density at radius 1 is 0.545 bits per heavy atom. The Hall–Kier alpha value is -3.00. The molecular formula is C20H10O2. The highest BCUT2D eigenvalue weighted by atomic mass is 16.2. The molecule has 0 saturated carbocycles. The van der Waals surface area contributed by atoms with E-state index in [2.05, 4.69) is 12.1 Å². The van der Waals surface area contributed by atoms with Crippen LogP contribution in [0.1, 0.15) is 20.7 Å². The average Bonchev–Trinajstić information content (AvgIpc) is 2.80. The van der Waals surface area contributed by atoms with E-state index in [1.165, 1.54) is 0 Å². The molecule has 0 fully saturated rings. The molecule has 0 aromatic heterocycles. The van der Waals surface area contributed by atoms with E-state index in [4.69, 9.17) is 0 Å². The summed E-state index contributed by atoms with van der Waals surface area (Å²) >= 11 is 0. The van der Waals surface area contributed by atoms with E-state index >= 15 is 0 Å². The van der Waals surface area contributed by atoms with Gasteiger partial charge >= 0.3 is 0 Å². The fourth-order valence-electron chi connectivity index (χ4n) is 3.59. The van der Waals surface area contributed by atoms with Gasteiger partial charge in [-0.15, -0.1) is 0 Å². The smallest absolute Gasteiger partial charge is 0.234 e. The first-order chi connectivity index (χ1) is 10.8. The Labute approximate surface area is 126 Å². The number of rotatable bonds is 0. The minimum absolute atomic E-state index is 0.388. The Bertz CT molecular complexity index is 1060. The lowest BCUT2D eigenvalue weighted by molar-refractivity contribution is 0.0825. The molecule has 0 radical (unpaired) electrons. The maximum absolute atomic E-state index is 12.4. The number of Topliss-reactive ketones (excluding diaryl/α,β-unsaturated/α-hetero) is 2. The zero-order valence-corrected chi connectivity index (χ0v) is 11.6. The summed E-state index contributed by atoms with van der Waals surface area (Å²) in [5, 5.41) is 5.99. The van der Waals surface area contributed by atoms with Crippen LogP contribution in [0.15, 0.2) is 60.7 Å². The number of carbonyl (C=O) groups excluding carboxylic acids is 2. The third-order valence-corrected chi connectivity index (χ3v) is 4.54. The molecule has 5 rings (SSSR count). The van der Waals surface area contributed by atoms with Gasteiger partial charge in [0.15, 0.2) is 0 Å². The van der Waals surface area contributed by atoms with E-state index < -0.39 is 0 Å². The Kier molecular flexibility index (Phi) is 2.01. The van der Waals surface area contributed by atoms with Crippen LogP contribution in [0.2, 0.25) is 0 Å². The summed E-state index contributed by atoms with van der Waals surface area (Å²) in [6.07, 6.45) is 0. The van der Waals surface area contributed by atoms with Crippen molar-refractivity contribution in [1.29, 1.82) is 0 Å². The first-order valence-corrected chi connectivity index (χ1v) is 7.22. The molecule has 0 amide bonds. The summed E-state index contributed by atoms with van der Waals surface area (Å²) < 4.78 is 0. The average molecular weight is 282 g/mol. The molecule has 0 saturated heterocycles. The van der Waals surface area contributed by atoms with Crippen molar-refractivity contribution in [3.05, 3.63) is 71.8 Å². The van der Waals surface area contributed by atoms with Gasteiger partial charge in [-0.05, 0) is 39.1 Å². The summed E-state index contributed by atoms with van der Waals surface area (Å²) in [4.78, 5) is 24.7. The van der Waals surface area contributed by atoms with Gasteiger partial charge < -0.3 is 0 Å². The van der Waals surface area contributed by atoms with Crippen molar-refractivity contribution in [3.8, 4) is 0 Å². The number of hydrogen-bond acceptors (Lipinski definition) is 2. The van der Waals surface area contributed by atoms with Crippen molar-refractivity contribution in [2.24, 2.45) is 0 Å². The van der Waals surface area contributed by atoms with Crippen LogP contribution in [0.4, 0.5) is 0 Å². The summed E-state index contributed by atoms with van der Waals surface area (Å²) in [5.74, 6) is -0.776. The van der Waals surface area contributed by atoms with Crippen molar-refractivity contribution in [3.63, 3.8) is 0 Å². The number of fused-ring (bicyclic) bond motifs is 4. The van der Waals surface area contributed by atoms with Crippen molar-refractivity contribution in [2.45, 2.75) is 0 Å². The zero-order valence-electron chi connectivity index (χ0n) is 11.6. The fourth-order valence-corrected chi connectivity index (χ4v) is 3.59. The van der Waals surface area contributed by atoms with Gasteiger partial charge in [0.1, 0.15) is 0 Å². The molecule has 22 heavy (non-hydrogen) atoms. The minimum atomic E-state index is -0.388. The van der Waals surface area contributed by atoms with Crippen LogP contribution in [0.25, 0.3) is 32.3 Å². The molecule has 102 valence electrons. The summed E-state index contributed by atoms with van der Waals surface area (Å²) in [5.41, 5.74) is 1.08. The van der Waals surface area contributed by atoms with Gasteiger partial charge in [0.2, 0.25) is 11.6 Å². The van der Waals surface area contributed by atoms with E-state index in [9.17, 15) is 9.59 Å². The molecule has 0 bridgehead atoms. The second-order valence-corrected chi connectivity index (χ2v) is 5.70. The lowest BCUT2D eigenvalue weighted by atomic mass is 9.93. The molecule has 4 aromatic rings. The molecule has 0 heterocycles. The van der Waals surface area contributed by atoms with Crippen LogP contribution >= 0.6 is 0 Å². The Morgan fingerprint density at radius 3 is 1.50 bits per heavy atom. The molecule has 1 aliphatic rings. The van der Waals surface area contributed by atoms with Gasteiger partial charge in [-0.1, -0.05) is 48.5 Å². The summed E-state index contributed by atoms with van der Waals surface area (Å²) in [6, 6.07) is 19.7. The normalized spacial score (nSPS) is 13.6. The second-order valence-electron chi connectivity index (χ2n) is 5.70. The monoisotopic (exact) mass is 282 g/mol. The SMILES string of the molecule is O=C1C(=O)c2cc3ccccc3c3c2c1cc1ccccc13. The van der Waals surface area contributed by atoms with E-state index in [1.807, 2.05) is 48.5 Å². The summed E-state index contributed by atoms with van der Waals surface area (Å²) in [6.45, 7) is 0. The third kappa shape index (κ3) is 1.25. The van der Waals surface area contributed by atoms with Crippen LogP contribution < -0.4 is 0 Å². The van der Waals surface area contributed by atoms with Crippen molar-refractivity contribution >= 4 is 43.9 Å². The molecular weight excluding hydrogens is 272 g/mol. The largest absolute Gasteiger partial charge is 0.285 e. The topological polar surface area (TPSA) is 34.1 Å². The summed E-state index contributed by atoms with van der Waals surface area (Å²) in [7, 11) is 0. The van der Waals surface area contributed by atoms with E-state index in [0.717, 1.165) is 32.3 Å². The fraction of sp³-hybridized carbons (Fsp3) is 0. The van der Waals surface area contributed by atoms with Gasteiger partial charge in [-0.25, -0.2) is 0 Å². The van der Waals surface area contributed by atoms with Gasteiger partial charge in [0.05, 0.1) is 0 Å². The van der Waals surface area contributed by atoms with E-state index in [-0.39, 0.29) is 11.6 Å². The molecule has 2 heteroatoms. The van der Waals surface area contributed by atoms with Gasteiger partial charge in [0, 0.05) is 16.5 Å². The van der Waals surface area contributed by atoms with Gasteiger partial charge in [-0.2, -0.15) is 0 Å². The van der Waals surface area contributed by atoms with Crippen molar-refractivity contribution < 1.29 is 9.59 Å². The van der Waals surface area contributed by atoms with Crippen LogP contribution in [-0.2, 0) is 0 Å². The molecule has 2 nitrogen and oxygen atoms in total. The number of benzene rings is 4. The second kappa shape index (κ2) is 3.80. The zero-order chi connectivity index (χ0) is 14.8. The maximum Gasteiger partial charge on any atom is 0.234 e. The highest BCUT2D eigenvalue weighted by Crippen LogP contribution is 2.40. The van der Waals surface area contributed by atoms with Crippen molar-refractivity contribution in [2.75, 3.05) is 0 Å². The molecule has 0 aliphatic heterocycles. The quantitative estimate of drug-likeness (QED) is 0.351. The third-order valence-electron chi connectivity index (χ3n) is 4.54. The van der Waals surface area contributed by atoms with E-state index in [1.54, 1.807) is 0 Å². The highest BCUT2D eigenvalue weighted by Gasteiger charge is 2.32. The van der Waals surface area contributed by atoms with E-state index in [0.29, 0.717) is 11.1 Å². The Balaban J connectivity index is 2.23. The lowest BCUT2D eigenvalue weighted by Crippen LogP contribution is -2.06. The van der Waals surface area contributed by atoms with Crippen LogP contribution in [-0.4, -0.2) is 11.6 Å². The highest BCUT2D eigenvalue weighted by molar-refractivity contribution is 6.59. The van der Waals surface area contributed by atoms with Crippen LogP contribution in [0.5, 0.6) is 0 Å². The minimum Gasteiger partial charge on any atom is -0.285 e. The number of hydrogen-bond donors (Lipinski definition) is 0. The number of ketones is 2. The van der Waals surface area contributed by atoms with Gasteiger partial charge in [-0.3, -0.25) is 9.59 Å². The van der Waals surface area contributed by atoms with Gasteiger partial charge in [0.25, 0.3) is 0 Å². The predicted octanol–water partition coefficient (Wildman–Crippen LogP) is 4.53. The van der Waals surface area contributed by atoms with Crippen LogP contribution in [0.3, 0.4) is 0 Å². The molecule has 1 aliphatic carbocycles. The molecule has 0 N–H and O–H groups in total. The van der Waals surface area contributed by atoms with Crippen LogP contribution in [0, 0.1) is 0 Å². The molecule has 4 aromatic carbocycles. The first kappa shape index (κ1) is 11.6. The molecule has 0 spiro atoms. The first-order valence-electron chi connectivity index (χ1n) is 7.22. The van der Waals surface area contributed by atoms with Crippen molar-refractivity contribution in [1.82, 2.24) is 0 Å².